The largest absolute Gasteiger partial charge is 0.384 e. The number of aryl methyl sites for hydroxylation is 1. The maximum absolute atomic E-state index is 5.67. The maximum atomic E-state index is 5.67. The Morgan fingerprint density at radius 3 is 2.76 bits per heavy atom. The monoisotopic (exact) mass is 225 g/mol. The van der Waals surface area contributed by atoms with E-state index in [-0.39, 0.29) is 0 Å². The molecular weight excluding hydrogens is 214 g/mol. The van der Waals surface area contributed by atoms with Gasteiger partial charge in [-0.3, -0.25) is 0 Å². The van der Waals surface area contributed by atoms with Gasteiger partial charge in [-0.05, 0) is 18.2 Å². The average Bonchev–Trinajstić information content (AvgIpc) is 2.71. The first-order valence-corrected chi connectivity index (χ1v) is 5.24. The number of nitrogen functional groups attached to an aromatic ring is 1. The summed E-state index contributed by atoms with van der Waals surface area (Å²) in [6.45, 7) is 0. The number of anilines is 1. The number of rotatable bonds is 1. The Hall–Kier alpha value is -2.43. The Kier molecular flexibility index (Phi) is 2.04. The van der Waals surface area contributed by atoms with E-state index >= 15 is 0 Å². The Morgan fingerprint density at radius 2 is 1.94 bits per heavy atom. The number of hydrogen-bond acceptors (Lipinski definition) is 4. The average molecular weight is 225 g/mol. The zero-order valence-corrected chi connectivity index (χ0v) is 9.33. The number of pyridine rings is 1. The number of aromatic nitrogens is 4. The van der Waals surface area contributed by atoms with E-state index in [4.69, 9.17) is 5.73 Å². The molecule has 0 bridgehead atoms. The van der Waals surface area contributed by atoms with Crippen LogP contribution in [0.5, 0.6) is 0 Å². The van der Waals surface area contributed by atoms with Crippen LogP contribution in [0.1, 0.15) is 0 Å². The first-order valence-electron chi connectivity index (χ1n) is 5.24. The third kappa shape index (κ3) is 1.52. The Morgan fingerprint density at radius 1 is 1.12 bits per heavy atom. The fraction of sp³-hybridized carbons (Fsp3) is 0.0833. The highest BCUT2D eigenvalue weighted by Gasteiger charge is 2.09. The summed E-state index contributed by atoms with van der Waals surface area (Å²) in [6.07, 6.45) is 5.38. The van der Waals surface area contributed by atoms with Crippen molar-refractivity contribution in [3.63, 3.8) is 0 Å². The molecule has 0 saturated carbocycles. The molecule has 3 heterocycles. The van der Waals surface area contributed by atoms with Gasteiger partial charge in [-0.15, -0.1) is 0 Å². The summed E-state index contributed by atoms with van der Waals surface area (Å²) in [6, 6.07) is 5.58. The maximum Gasteiger partial charge on any atom is 0.162 e. The normalized spacial score (nSPS) is 10.9. The van der Waals surface area contributed by atoms with Gasteiger partial charge in [-0.25, -0.2) is 15.0 Å². The van der Waals surface area contributed by atoms with E-state index in [1.54, 1.807) is 18.5 Å². The molecule has 3 aromatic heterocycles. The minimum Gasteiger partial charge on any atom is -0.384 e. The van der Waals surface area contributed by atoms with Gasteiger partial charge in [0.2, 0.25) is 0 Å². The molecule has 0 unspecified atom stereocenters. The van der Waals surface area contributed by atoms with Gasteiger partial charge in [-0.1, -0.05) is 0 Å². The first-order chi connectivity index (χ1) is 8.25. The fourth-order valence-electron chi connectivity index (χ4n) is 1.86. The van der Waals surface area contributed by atoms with Crippen LogP contribution in [0.25, 0.3) is 22.4 Å². The summed E-state index contributed by atoms with van der Waals surface area (Å²) >= 11 is 0. The highest BCUT2D eigenvalue weighted by molar-refractivity contribution is 5.91. The molecule has 0 spiro atoms. The van der Waals surface area contributed by atoms with E-state index in [1.807, 2.05) is 29.9 Å². The van der Waals surface area contributed by atoms with Crippen molar-refractivity contribution in [3.05, 3.63) is 36.8 Å². The second-order valence-corrected chi connectivity index (χ2v) is 3.83. The lowest BCUT2D eigenvalue weighted by Gasteiger charge is -2.02. The van der Waals surface area contributed by atoms with Crippen molar-refractivity contribution in [1.82, 2.24) is 19.5 Å². The van der Waals surface area contributed by atoms with Crippen LogP contribution in [0.3, 0.4) is 0 Å². The molecule has 0 fully saturated rings. The number of fused-ring (bicyclic) bond motifs is 1. The van der Waals surface area contributed by atoms with Crippen molar-refractivity contribution < 1.29 is 0 Å². The van der Waals surface area contributed by atoms with E-state index in [2.05, 4.69) is 15.0 Å². The van der Waals surface area contributed by atoms with Gasteiger partial charge in [0, 0.05) is 36.6 Å². The summed E-state index contributed by atoms with van der Waals surface area (Å²) in [4.78, 5) is 12.8. The smallest absolute Gasteiger partial charge is 0.162 e. The minimum atomic E-state index is 0.468. The van der Waals surface area contributed by atoms with Crippen LogP contribution < -0.4 is 5.73 Å². The lowest BCUT2D eigenvalue weighted by molar-refractivity contribution is 0.948. The molecule has 5 nitrogen and oxygen atoms in total. The predicted molar refractivity (Wildman–Crippen MR) is 66.2 cm³/mol. The quantitative estimate of drug-likeness (QED) is 0.683. The van der Waals surface area contributed by atoms with Crippen molar-refractivity contribution in [2.24, 2.45) is 7.05 Å². The van der Waals surface area contributed by atoms with Crippen molar-refractivity contribution >= 4 is 16.9 Å². The second kappa shape index (κ2) is 3.55. The molecule has 0 saturated heterocycles. The lowest BCUT2D eigenvalue weighted by Crippen LogP contribution is -1.95. The van der Waals surface area contributed by atoms with Gasteiger partial charge in [0.05, 0.1) is 0 Å². The topological polar surface area (TPSA) is 69.6 Å². The molecule has 0 aliphatic heterocycles. The van der Waals surface area contributed by atoms with E-state index in [9.17, 15) is 0 Å². The summed E-state index contributed by atoms with van der Waals surface area (Å²) in [7, 11) is 1.96. The number of hydrogen-bond donors (Lipinski definition) is 1. The second-order valence-electron chi connectivity index (χ2n) is 3.83. The minimum absolute atomic E-state index is 0.468. The van der Waals surface area contributed by atoms with E-state index in [0.717, 1.165) is 16.6 Å². The summed E-state index contributed by atoms with van der Waals surface area (Å²) < 4.78 is 1.96. The Labute approximate surface area is 98.0 Å². The van der Waals surface area contributed by atoms with Crippen molar-refractivity contribution in [2.45, 2.75) is 0 Å². The number of nitrogens with zero attached hydrogens (tertiary/aromatic N) is 4. The van der Waals surface area contributed by atoms with Crippen LogP contribution in [0.15, 0.2) is 36.8 Å². The van der Waals surface area contributed by atoms with Gasteiger partial charge in [0.1, 0.15) is 11.5 Å². The van der Waals surface area contributed by atoms with Crippen LogP contribution in [-0.2, 0) is 7.05 Å². The van der Waals surface area contributed by atoms with Crippen LogP contribution in [0.2, 0.25) is 0 Å². The fourth-order valence-corrected chi connectivity index (χ4v) is 1.86. The van der Waals surface area contributed by atoms with Gasteiger partial charge in [-0.2, -0.15) is 0 Å². The molecular formula is C12H11N5. The zero-order chi connectivity index (χ0) is 11.8. The third-order valence-corrected chi connectivity index (χ3v) is 2.69. The third-order valence-electron chi connectivity index (χ3n) is 2.69. The molecule has 0 amide bonds. The Bertz CT molecular complexity index is 686. The molecule has 0 aliphatic rings. The van der Waals surface area contributed by atoms with E-state index in [0.29, 0.717) is 11.6 Å². The molecule has 3 aromatic rings. The molecule has 3 rings (SSSR count). The summed E-state index contributed by atoms with van der Waals surface area (Å²) in [5.74, 6) is 1.10. The van der Waals surface area contributed by atoms with Gasteiger partial charge in [0.25, 0.3) is 0 Å². The Balaban J connectivity index is 2.30. The van der Waals surface area contributed by atoms with Gasteiger partial charge >= 0.3 is 0 Å². The van der Waals surface area contributed by atoms with E-state index < -0.39 is 0 Å². The van der Waals surface area contributed by atoms with Crippen LogP contribution in [0, 0.1) is 0 Å². The molecule has 84 valence electrons. The molecule has 0 aromatic carbocycles. The number of nitrogens with two attached hydrogens (primary N) is 1. The zero-order valence-electron chi connectivity index (χ0n) is 9.33. The van der Waals surface area contributed by atoms with E-state index in [1.165, 1.54) is 0 Å². The molecule has 17 heavy (non-hydrogen) atoms. The standard InChI is InChI=1S/C12H11N5/c1-17-7-4-9-8(2-5-15-12(9)17)11-14-6-3-10(13)16-11/h2-7H,1H3,(H2,13,14,16). The molecule has 0 aliphatic carbocycles. The van der Waals surface area contributed by atoms with Crippen LogP contribution in [0.4, 0.5) is 5.82 Å². The summed E-state index contributed by atoms with van der Waals surface area (Å²) in [5, 5.41) is 1.03. The molecule has 2 N–H and O–H groups in total. The van der Waals surface area contributed by atoms with Gasteiger partial charge in [0.15, 0.2) is 5.82 Å². The highest BCUT2D eigenvalue weighted by Crippen LogP contribution is 2.25. The predicted octanol–water partition coefficient (Wildman–Crippen LogP) is 1.61. The SMILES string of the molecule is Cn1ccc2c(-c3nccc(N)n3)ccnc21. The molecule has 0 atom stereocenters. The van der Waals surface area contributed by atoms with Gasteiger partial charge < -0.3 is 10.3 Å². The molecule has 5 heteroatoms. The molecule has 0 radical (unpaired) electrons. The van der Waals surface area contributed by atoms with Crippen LogP contribution >= 0.6 is 0 Å². The highest BCUT2D eigenvalue weighted by atomic mass is 15.0. The van der Waals surface area contributed by atoms with Crippen molar-refractivity contribution in [1.29, 1.82) is 0 Å². The lowest BCUT2D eigenvalue weighted by atomic mass is 10.2. The van der Waals surface area contributed by atoms with Crippen molar-refractivity contribution in [3.8, 4) is 11.4 Å². The summed E-state index contributed by atoms with van der Waals surface area (Å²) in [5.41, 5.74) is 7.53. The van der Waals surface area contributed by atoms with Crippen molar-refractivity contribution in [2.75, 3.05) is 5.73 Å². The van der Waals surface area contributed by atoms with Crippen LogP contribution in [-0.4, -0.2) is 19.5 Å². The first kappa shape index (κ1) is 9.77.